The number of rotatable bonds is 4. The standard InChI is InChI=1S/C14H22N2OS/c1-5-18-11-9-7-6-8-10(11)16-13(17)12(15)14(2,3)4/h6-9,12H,5,15H2,1-4H3,(H,16,17)/t12-/m0/s1. The van der Waals surface area contributed by atoms with Crippen molar-refractivity contribution in [3.63, 3.8) is 0 Å². The Hall–Kier alpha value is -1.00. The van der Waals surface area contributed by atoms with E-state index in [0.717, 1.165) is 16.3 Å². The highest BCUT2D eigenvalue weighted by atomic mass is 32.2. The fraction of sp³-hybridized carbons (Fsp3) is 0.500. The van der Waals surface area contributed by atoms with Crippen LogP contribution in [0.15, 0.2) is 29.2 Å². The number of carbonyl (C=O) groups is 1. The molecule has 1 atom stereocenters. The summed E-state index contributed by atoms with van der Waals surface area (Å²) in [5.74, 6) is 0.838. The van der Waals surface area contributed by atoms with Crippen molar-refractivity contribution in [3.8, 4) is 0 Å². The molecule has 0 bridgehead atoms. The molecule has 0 aromatic heterocycles. The molecule has 0 aliphatic heterocycles. The lowest BCUT2D eigenvalue weighted by Gasteiger charge is -2.26. The lowest BCUT2D eigenvalue weighted by Crippen LogP contribution is -2.45. The monoisotopic (exact) mass is 266 g/mol. The highest BCUT2D eigenvalue weighted by molar-refractivity contribution is 7.99. The molecule has 100 valence electrons. The Balaban J connectivity index is 2.82. The summed E-state index contributed by atoms with van der Waals surface area (Å²) in [5, 5.41) is 2.92. The Labute approximate surface area is 114 Å². The van der Waals surface area contributed by atoms with Crippen LogP contribution in [0.2, 0.25) is 0 Å². The average Bonchev–Trinajstić information content (AvgIpc) is 2.29. The molecule has 0 fully saturated rings. The second-order valence-electron chi connectivity index (χ2n) is 5.26. The quantitative estimate of drug-likeness (QED) is 0.823. The van der Waals surface area contributed by atoms with Gasteiger partial charge in [-0.2, -0.15) is 0 Å². The molecule has 0 aliphatic rings. The van der Waals surface area contributed by atoms with Crippen LogP contribution >= 0.6 is 11.8 Å². The molecule has 0 spiro atoms. The topological polar surface area (TPSA) is 55.1 Å². The van der Waals surface area contributed by atoms with Crippen LogP contribution in [-0.2, 0) is 4.79 Å². The second kappa shape index (κ2) is 6.25. The third-order valence-electron chi connectivity index (χ3n) is 2.66. The number of para-hydroxylation sites is 1. The molecule has 3 N–H and O–H groups in total. The van der Waals surface area contributed by atoms with Gasteiger partial charge >= 0.3 is 0 Å². The van der Waals surface area contributed by atoms with Crippen LogP contribution in [0.1, 0.15) is 27.7 Å². The summed E-state index contributed by atoms with van der Waals surface area (Å²) in [7, 11) is 0. The predicted octanol–water partition coefficient (Wildman–Crippen LogP) is 3.11. The number of anilines is 1. The van der Waals surface area contributed by atoms with Gasteiger partial charge < -0.3 is 11.1 Å². The summed E-state index contributed by atoms with van der Waals surface area (Å²) in [6.07, 6.45) is 0. The van der Waals surface area contributed by atoms with Crippen molar-refractivity contribution in [3.05, 3.63) is 24.3 Å². The van der Waals surface area contributed by atoms with Gasteiger partial charge in [-0.15, -0.1) is 11.8 Å². The van der Waals surface area contributed by atoms with E-state index in [0.29, 0.717) is 0 Å². The third-order valence-corrected chi connectivity index (χ3v) is 3.62. The van der Waals surface area contributed by atoms with E-state index >= 15 is 0 Å². The average molecular weight is 266 g/mol. The van der Waals surface area contributed by atoms with Crippen LogP contribution in [-0.4, -0.2) is 17.7 Å². The smallest absolute Gasteiger partial charge is 0.241 e. The van der Waals surface area contributed by atoms with Crippen LogP contribution in [0.4, 0.5) is 5.69 Å². The van der Waals surface area contributed by atoms with E-state index in [9.17, 15) is 4.79 Å². The Morgan fingerprint density at radius 1 is 1.39 bits per heavy atom. The number of amides is 1. The van der Waals surface area contributed by atoms with Crippen molar-refractivity contribution in [1.82, 2.24) is 0 Å². The van der Waals surface area contributed by atoms with E-state index in [1.165, 1.54) is 0 Å². The molecule has 0 heterocycles. The molecule has 1 aromatic rings. The van der Waals surface area contributed by atoms with E-state index < -0.39 is 6.04 Å². The van der Waals surface area contributed by atoms with Crippen LogP contribution in [0, 0.1) is 5.41 Å². The molecule has 1 rings (SSSR count). The molecule has 0 radical (unpaired) electrons. The van der Waals surface area contributed by atoms with E-state index in [1.54, 1.807) is 11.8 Å². The normalized spacial score (nSPS) is 13.2. The Bertz CT molecular complexity index is 413. The van der Waals surface area contributed by atoms with Gasteiger partial charge in [0.15, 0.2) is 0 Å². The Morgan fingerprint density at radius 2 is 2.00 bits per heavy atom. The largest absolute Gasteiger partial charge is 0.324 e. The van der Waals surface area contributed by atoms with Gasteiger partial charge in [0.2, 0.25) is 5.91 Å². The van der Waals surface area contributed by atoms with Crippen molar-refractivity contribution < 1.29 is 4.79 Å². The molecule has 18 heavy (non-hydrogen) atoms. The number of nitrogens with two attached hydrogens (primary N) is 1. The van der Waals surface area contributed by atoms with E-state index in [-0.39, 0.29) is 11.3 Å². The molecule has 0 saturated heterocycles. The van der Waals surface area contributed by atoms with Gasteiger partial charge in [0.1, 0.15) is 0 Å². The second-order valence-corrected chi connectivity index (χ2v) is 6.57. The number of hydrogen-bond acceptors (Lipinski definition) is 3. The molecular weight excluding hydrogens is 244 g/mol. The van der Waals surface area contributed by atoms with Gasteiger partial charge in [0.05, 0.1) is 11.7 Å². The summed E-state index contributed by atoms with van der Waals surface area (Å²) in [6, 6.07) is 7.28. The summed E-state index contributed by atoms with van der Waals surface area (Å²) < 4.78 is 0. The van der Waals surface area contributed by atoms with E-state index in [1.807, 2.05) is 45.0 Å². The van der Waals surface area contributed by atoms with Gasteiger partial charge in [-0.25, -0.2) is 0 Å². The zero-order valence-electron chi connectivity index (χ0n) is 11.5. The van der Waals surface area contributed by atoms with Crippen LogP contribution in [0.25, 0.3) is 0 Å². The Morgan fingerprint density at radius 3 is 2.56 bits per heavy atom. The van der Waals surface area contributed by atoms with Crippen LogP contribution in [0.5, 0.6) is 0 Å². The zero-order chi connectivity index (χ0) is 13.8. The molecule has 1 aromatic carbocycles. The molecule has 0 saturated carbocycles. The number of benzene rings is 1. The molecule has 0 unspecified atom stereocenters. The van der Waals surface area contributed by atoms with Crippen molar-refractivity contribution in [2.45, 2.75) is 38.6 Å². The summed E-state index contributed by atoms with van der Waals surface area (Å²) in [5.41, 5.74) is 6.55. The maximum atomic E-state index is 12.1. The van der Waals surface area contributed by atoms with Crippen LogP contribution in [0.3, 0.4) is 0 Å². The molecule has 4 heteroatoms. The van der Waals surface area contributed by atoms with E-state index in [4.69, 9.17) is 5.73 Å². The van der Waals surface area contributed by atoms with Gasteiger partial charge in [0, 0.05) is 4.90 Å². The molecule has 3 nitrogen and oxygen atoms in total. The minimum absolute atomic E-state index is 0.133. The number of hydrogen-bond donors (Lipinski definition) is 2. The van der Waals surface area contributed by atoms with Gasteiger partial charge in [0.25, 0.3) is 0 Å². The maximum absolute atomic E-state index is 12.1. The first kappa shape index (κ1) is 15.1. The minimum Gasteiger partial charge on any atom is -0.324 e. The Kier molecular flexibility index (Phi) is 5.23. The fourth-order valence-electron chi connectivity index (χ4n) is 1.46. The predicted molar refractivity (Wildman–Crippen MR) is 78.9 cm³/mol. The maximum Gasteiger partial charge on any atom is 0.241 e. The molecule has 1 amide bonds. The highest BCUT2D eigenvalue weighted by Gasteiger charge is 2.27. The highest BCUT2D eigenvalue weighted by Crippen LogP contribution is 2.27. The summed E-state index contributed by atoms with van der Waals surface area (Å²) in [6.45, 7) is 7.97. The lowest BCUT2D eigenvalue weighted by atomic mass is 9.87. The zero-order valence-corrected chi connectivity index (χ0v) is 12.3. The van der Waals surface area contributed by atoms with Crippen molar-refractivity contribution >= 4 is 23.4 Å². The number of nitrogens with one attached hydrogen (secondary N) is 1. The summed E-state index contributed by atoms with van der Waals surface area (Å²) >= 11 is 1.71. The minimum atomic E-state index is -0.516. The number of thioether (sulfide) groups is 1. The first-order valence-corrected chi connectivity index (χ1v) is 7.13. The van der Waals surface area contributed by atoms with E-state index in [2.05, 4.69) is 12.2 Å². The van der Waals surface area contributed by atoms with Gasteiger partial charge in [-0.05, 0) is 23.3 Å². The lowest BCUT2D eigenvalue weighted by molar-refractivity contribution is -0.119. The SMILES string of the molecule is CCSc1ccccc1NC(=O)[C@H](N)C(C)(C)C. The van der Waals surface area contributed by atoms with Crippen LogP contribution < -0.4 is 11.1 Å². The number of carbonyl (C=O) groups excluding carboxylic acids is 1. The van der Waals surface area contributed by atoms with Gasteiger partial charge in [-0.1, -0.05) is 39.8 Å². The van der Waals surface area contributed by atoms with Crippen molar-refractivity contribution in [2.75, 3.05) is 11.1 Å². The summed E-state index contributed by atoms with van der Waals surface area (Å²) in [4.78, 5) is 13.1. The van der Waals surface area contributed by atoms with Gasteiger partial charge in [-0.3, -0.25) is 4.79 Å². The fourth-order valence-corrected chi connectivity index (χ4v) is 2.22. The van der Waals surface area contributed by atoms with Crippen molar-refractivity contribution in [1.29, 1.82) is 0 Å². The molecular formula is C14H22N2OS. The first-order chi connectivity index (χ1) is 8.36. The first-order valence-electron chi connectivity index (χ1n) is 6.14. The third kappa shape index (κ3) is 4.03. The molecule has 0 aliphatic carbocycles. The van der Waals surface area contributed by atoms with Crippen molar-refractivity contribution in [2.24, 2.45) is 11.1 Å².